The fourth-order valence-corrected chi connectivity index (χ4v) is 7.07. The molecule has 2 aromatic rings. The molecule has 0 aromatic heterocycles. The van der Waals surface area contributed by atoms with Crippen LogP contribution in [0.5, 0.6) is 0 Å². The molecule has 1 heterocycles. The fourth-order valence-electron chi connectivity index (χ4n) is 4.12. The summed E-state index contributed by atoms with van der Waals surface area (Å²) in [7, 11) is -7.17. The number of sulfonamides is 1. The molecule has 1 fully saturated rings. The van der Waals surface area contributed by atoms with Crippen LogP contribution in [0.4, 0.5) is 5.69 Å². The van der Waals surface area contributed by atoms with Crippen LogP contribution in [0.1, 0.15) is 36.5 Å². The second-order valence-electron chi connectivity index (χ2n) is 7.92. The maximum Gasteiger partial charge on any atom is 0.244 e. The van der Waals surface area contributed by atoms with E-state index in [-0.39, 0.29) is 22.1 Å². The Bertz CT molecular complexity index is 1180. The summed E-state index contributed by atoms with van der Waals surface area (Å²) in [6, 6.07) is 8.76. The first-order valence-electron chi connectivity index (χ1n) is 10.2. The van der Waals surface area contributed by atoms with Crippen molar-refractivity contribution in [1.29, 1.82) is 0 Å². The molecule has 31 heavy (non-hydrogen) atoms. The number of carbonyl (C=O) groups is 1. The average molecular weight is 465 g/mol. The third-order valence-electron chi connectivity index (χ3n) is 5.54. The topological polar surface area (TPSA) is 101 Å². The number of hydrogen-bond donors (Lipinski definition) is 1. The maximum absolute atomic E-state index is 13.4. The minimum atomic E-state index is -3.84. The molecule has 0 aliphatic carbocycles. The number of nitrogens with one attached hydrogen (secondary N) is 1. The highest BCUT2D eigenvalue weighted by Gasteiger charge is 2.40. The van der Waals surface area contributed by atoms with E-state index >= 15 is 0 Å². The monoisotopic (exact) mass is 464 g/mol. The molecule has 9 heteroatoms. The predicted molar refractivity (Wildman–Crippen MR) is 120 cm³/mol. The van der Waals surface area contributed by atoms with Crippen LogP contribution in [0.2, 0.25) is 0 Å². The van der Waals surface area contributed by atoms with Crippen LogP contribution < -0.4 is 5.32 Å². The van der Waals surface area contributed by atoms with Crippen LogP contribution in [0.25, 0.3) is 0 Å². The van der Waals surface area contributed by atoms with Crippen molar-refractivity contribution in [2.45, 2.75) is 56.4 Å². The number of rotatable bonds is 6. The predicted octanol–water partition coefficient (Wildman–Crippen LogP) is 3.20. The summed E-state index contributed by atoms with van der Waals surface area (Å²) in [5, 5.41) is 2.73. The highest BCUT2D eigenvalue weighted by atomic mass is 32.2. The van der Waals surface area contributed by atoms with E-state index < -0.39 is 31.8 Å². The second kappa shape index (κ2) is 8.72. The Kier molecular flexibility index (Phi) is 6.59. The first-order valence-corrected chi connectivity index (χ1v) is 13.3. The highest BCUT2D eigenvalue weighted by molar-refractivity contribution is 7.91. The summed E-state index contributed by atoms with van der Waals surface area (Å²) < 4.78 is 52.0. The molecule has 7 nitrogen and oxygen atoms in total. The third-order valence-corrected chi connectivity index (χ3v) is 9.50. The van der Waals surface area contributed by atoms with Crippen molar-refractivity contribution in [3.05, 3.63) is 53.1 Å². The van der Waals surface area contributed by atoms with E-state index in [1.54, 1.807) is 20.8 Å². The van der Waals surface area contributed by atoms with E-state index in [4.69, 9.17) is 0 Å². The van der Waals surface area contributed by atoms with Gasteiger partial charge >= 0.3 is 0 Å². The van der Waals surface area contributed by atoms with Gasteiger partial charge in [-0.05, 0) is 69.0 Å². The van der Waals surface area contributed by atoms with Gasteiger partial charge in [0, 0.05) is 12.2 Å². The second-order valence-corrected chi connectivity index (χ2v) is 12.0. The van der Waals surface area contributed by atoms with Crippen LogP contribution in [0.3, 0.4) is 0 Å². The number of amides is 1. The van der Waals surface area contributed by atoms with Gasteiger partial charge in [-0.25, -0.2) is 16.8 Å². The summed E-state index contributed by atoms with van der Waals surface area (Å²) in [6.45, 7) is 7.30. The standard InChI is InChI=1S/C22H28N2O5S2/c1-5-30(26,27)19-10-8-18(9-11-19)23-22(25)20-7-6-12-24(20)31(28,29)21-16(3)13-15(2)14-17(21)4/h8-11,13-14,20H,5-7,12H2,1-4H3,(H,23,25)/t20-/m1/s1. The molecular formula is C22H28N2O5S2. The number of hydrogen-bond acceptors (Lipinski definition) is 5. The van der Waals surface area contributed by atoms with Gasteiger partial charge in [0.1, 0.15) is 6.04 Å². The lowest BCUT2D eigenvalue weighted by Gasteiger charge is -2.25. The van der Waals surface area contributed by atoms with Gasteiger partial charge in [-0.2, -0.15) is 4.31 Å². The average Bonchev–Trinajstić information content (AvgIpc) is 3.18. The van der Waals surface area contributed by atoms with Crippen molar-refractivity contribution in [2.75, 3.05) is 17.6 Å². The molecule has 2 aromatic carbocycles. The largest absolute Gasteiger partial charge is 0.325 e. The van der Waals surface area contributed by atoms with Gasteiger partial charge in [0.2, 0.25) is 15.9 Å². The summed E-state index contributed by atoms with van der Waals surface area (Å²) in [4.78, 5) is 13.4. The zero-order chi connectivity index (χ0) is 23.0. The lowest BCUT2D eigenvalue weighted by Crippen LogP contribution is -2.43. The molecule has 0 unspecified atom stereocenters. The van der Waals surface area contributed by atoms with Crippen LogP contribution in [0, 0.1) is 20.8 Å². The van der Waals surface area contributed by atoms with E-state index in [2.05, 4.69) is 5.32 Å². The van der Waals surface area contributed by atoms with Crippen molar-refractivity contribution in [1.82, 2.24) is 4.31 Å². The van der Waals surface area contributed by atoms with Crippen LogP contribution in [0.15, 0.2) is 46.2 Å². The Balaban J connectivity index is 1.84. The van der Waals surface area contributed by atoms with Crippen molar-refractivity contribution < 1.29 is 21.6 Å². The summed E-state index contributed by atoms with van der Waals surface area (Å²) in [5.41, 5.74) is 2.73. The van der Waals surface area contributed by atoms with Gasteiger partial charge in [-0.1, -0.05) is 24.6 Å². The molecule has 1 N–H and O–H groups in total. The van der Waals surface area contributed by atoms with E-state index in [1.165, 1.54) is 28.6 Å². The summed E-state index contributed by atoms with van der Waals surface area (Å²) in [6.07, 6.45) is 1.02. The zero-order valence-corrected chi connectivity index (χ0v) is 19.8. The van der Waals surface area contributed by atoms with Crippen molar-refractivity contribution in [3.8, 4) is 0 Å². The van der Waals surface area contributed by atoms with Crippen molar-refractivity contribution in [3.63, 3.8) is 0 Å². The first-order chi connectivity index (χ1) is 14.5. The molecule has 1 saturated heterocycles. The molecule has 1 atom stereocenters. The number of sulfone groups is 1. The van der Waals surface area contributed by atoms with E-state index in [0.29, 0.717) is 29.7 Å². The molecule has 0 saturated carbocycles. The Morgan fingerprint density at radius 3 is 2.16 bits per heavy atom. The SMILES string of the molecule is CCS(=O)(=O)c1ccc(NC(=O)[C@H]2CCCN2S(=O)(=O)c2c(C)cc(C)cc2C)cc1. The van der Waals surface area contributed by atoms with Gasteiger partial charge in [-0.15, -0.1) is 0 Å². The van der Waals surface area contributed by atoms with Crippen LogP contribution in [-0.2, 0) is 24.7 Å². The minimum absolute atomic E-state index is 0.00849. The summed E-state index contributed by atoms with van der Waals surface area (Å²) in [5.74, 6) is -0.430. The smallest absolute Gasteiger partial charge is 0.244 e. The first kappa shape index (κ1) is 23.4. The quantitative estimate of drug-likeness (QED) is 0.708. The molecule has 0 radical (unpaired) electrons. The summed E-state index contributed by atoms with van der Waals surface area (Å²) >= 11 is 0. The highest BCUT2D eigenvalue weighted by Crippen LogP contribution is 2.31. The van der Waals surface area contributed by atoms with Gasteiger partial charge < -0.3 is 5.32 Å². The number of anilines is 1. The Labute approximate surface area is 184 Å². The van der Waals surface area contributed by atoms with E-state index in [0.717, 1.165) is 5.56 Å². The van der Waals surface area contributed by atoms with Crippen LogP contribution >= 0.6 is 0 Å². The van der Waals surface area contributed by atoms with Crippen LogP contribution in [-0.4, -0.2) is 45.4 Å². The van der Waals surface area contributed by atoms with Crippen molar-refractivity contribution in [2.24, 2.45) is 0 Å². The normalized spacial score (nSPS) is 17.6. The molecule has 168 valence electrons. The third kappa shape index (κ3) is 4.68. The van der Waals surface area contributed by atoms with Gasteiger partial charge in [0.05, 0.1) is 15.5 Å². The molecule has 1 aliphatic rings. The maximum atomic E-state index is 13.4. The van der Waals surface area contributed by atoms with E-state index in [9.17, 15) is 21.6 Å². The van der Waals surface area contributed by atoms with E-state index in [1.807, 2.05) is 19.1 Å². The number of aryl methyl sites for hydroxylation is 3. The molecule has 0 bridgehead atoms. The molecular weight excluding hydrogens is 436 g/mol. The number of carbonyl (C=O) groups excluding carboxylic acids is 1. The lowest BCUT2D eigenvalue weighted by molar-refractivity contribution is -0.119. The van der Waals surface area contributed by atoms with Crippen molar-refractivity contribution >= 4 is 31.5 Å². The molecule has 1 aliphatic heterocycles. The Morgan fingerprint density at radius 1 is 1.03 bits per heavy atom. The Morgan fingerprint density at radius 2 is 1.61 bits per heavy atom. The molecule has 1 amide bonds. The van der Waals surface area contributed by atoms with Gasteiger partial charge in [0.15, 0.2) is 9.84 Å². The lowest BCUT2D eigenvalue weighted by atomic mass is 10.1. The Hall–Kier alpha value is -2.23. The molecule has 3 rings (SSSR count). The molecule has 0 spiro atoms. The zero-order valence-electron chi connectivity index (χ0n) is 18.2. The van der Waals surface area contributed by atoms with Gasteiger partial charge in [0.25, 0.3) is 0 Å². The number of nitrogens with zero attached hydrogens (tertiary/aromatic N) is 1. The fraction of sp³-hybridized carbons (Fsp3) is 0.409. The van der Waals surface area contributed by atoms with Gasteiger partial charge in [-0.3, -0.25) is 4.79 Å². The minimum Gasteiger partial charge on any atom is -0.325 e. The number of benzene rings is 2.